The van der Waals surface area contributed by atoms with E-state index >= 15 is 0 Å². The van der Waals surface area contributed by atoms with Crippen LogP contribution < -0.4 is 11.1 Å². The monoisotopic (exact) mass is 378 g/mol. The number of primary amides is 1. The van der Waals surface area contributed by atoms with Gasteiger partial charge in [0.25, 0.3) is 5.91 Å². The van der Waals surface area contributed by atoms with Crippen molar-refractivity contribution in [2.24, 2.45) is 5.73 Å². The SMILES string of the molecule is NC(=O)c1c(NC(=O)CCS(=O)(=O)c2ccccc2)sc2c1CCC2. The number of aryl methyl sites for hydroxylation is 1. The molecule has 0 unspecified atom stereocenters. The summed E-state index contributed by atoms with van der Waals surface area (Å²) in [6.07, 6.45) is 2.45. The largest absolute Gasteiger partial charge is 0.365 e. The third kappa shape index (κ3) is 3.74. The molecule has 1 aliphatic carbocycles. The van der Waals surface area contributed by atoms with Crippen LogP contribution in [0.25, 0.3) is 0 Å². The summed E-state index contributed by atoms with van der Waals surface area (Å²) in [5.74, 6) is -1.30. The van der Waals surface area contributed by atoms with Crippen LogP contribution in [0.3, 0.4) is 0 Å². The number of sulfone groups is 1. The molecule has 0 saturated heterocycles. The van der Waals surface area contributed by atoms with Crippen LogP contribution in [0.2, 0.25) is 0 Å². The first-order valence-corrected chi connectivity index (χ1v) is 10.4. The summed E-state index contributed by atoms with van der Waals surface area (Å²) < 4.78 is 24.5. The minimum Gasteiger partial charge on any atom is -0.365 e. The Morgan fingerprint density at radius 1 is 1.16 bits per heavy atom. The minimum absolute atomic E-state index is 0.183. The molecule has 8 heteroatoms. The van der Waals surface area contributed by atoms with Crippen LogP contribution in [0.15, 0.2) is 35.2 Å². The molecule has 1 aliphatic rings. The average Bonchev–Trinajstić information content (AvgIpc) is 3.14. The van der Waals surface area contributed by atoms with E-state index in [0.717, 1.165) is 29.7 Å². The lowest BCUT2D eigenvalue weighted by Gasteiger charge is -2.07. The van der Waals surface area contributed by atoms with Crippen LogP contribution in [0.4, 0.5) is 5.00 Å². The normalized spacial score (nSPS) is 13.4. The Morgan fingerprint density at radius 2 is 1.88 bits per heavy atom. The molecule has 0 atom stereocenters. The summed E-state index contributed by atoms with van der Waals surface area (Å²) in [4.78, 5) is 25.1. The zero-order chi connectivity index (χ0) is 18.0. The number of hydrogen-bond donors (Lipinski definition) is 2. The molecular weight excluding hydrogens is 360 g/mol. The van der Waals surface area contributed by atoms with Crippen LogP contribution in [-0.2, 0) is 27.5 Å². The van der Waals surface area contributed by atoms with E-state index in [1.165, 1.54) is 23.5 Å². The molecule has 1 aromatic carbocycles. The van der Waals surface area contributed by atoms with Gasteiger partial charge in [-0.1, -0.05) is 18.2 Å². The van der Waals surface area contributed by atoms with Gasteiger partial charge in [0.05, 0.1) is 16.2 Å². The number of carbonyl (C=O) groups is 2. The molecule has 132 valence electrons. The van der Waals surface area contributed by atoms with Crippen LogP contribution in [0.5, 0.6) is 0 Å². The fraction of sp³-hybridized carbons (Fsp3) is 0.294. The van der Waals surface area contributed by atoms with Gasteiger partial charge >= 0.3 is 0 Å². The van der Waals surface area contributed by atoms with E-state index in [1.54, 1.807) is 18.2 Å². The van der Waals surface area contributed by atoms with Crippen molar-refractivity contribution in [3.63, 3.8) is 0 Å². The van der Waals surface area contributed by atoms with Crippen molar-refractivity contribution in [3.05, 3.63) is 46.3 Å². The smallest absolute Gasteiger partial charge is 0.251 e. The Kier molecular flexibility index (Phi) is 4.91. The van der Waals surface area contributed by atoms with Gasteiger partial charge in [-0.2, -0.15) is 0 Å². The van der Waals surface area contributed by atoms with E-state index in [9.17, 15) is 18.0 Å². The topological polar surface area (TPSA) is 106 Å². The maximum Gasteiger partial charge on any atom is 0.251 e. The van der Waals surface area contributed by atoms with Crippen molar-refractivity contribution in [2.45, 2.75) is 30.6 Å². The zero-order valence-corrected chi connectivity index (χ0v) is 15.1. The number of nitrogens with two attached hydrogens (primary N) is 1. The molecular formula is C17H18N2O4S2. The van der Waals surface area contributed by atoms with E-state index in [2.05, 4.69) is 5.32 Å². The first kappa shape index (κ1) is 17.6. The Hall–Kier alpha value is -2.19. The Labute approximate surface area is 150 Å². The number of hydrogen-bond acceptors (Lipinski definition) is 5. The van der Waals surface area contributed by atoms with Crippen LogP contribution >= 0.6 is 11.3 Å². The van der Waals surface area contributed by atoms with Gasteiger partial charge in [0.2, 0.25) is 5.91 Å². The maximum absolute atomic E-state index is 12.2. The lowest BCUT2D eigenvalue weighted by Crippen LogP contribution is -2.20. The quantitative estimate of drug-likeness (QED) is 0.803. The number of amides is 2. The van der Waals surface area contributed by atoms with Gasteiger partial charge in [-0.05, 0) is 37.0 Å². The van der Waals surface area contributed by atoms with Crippen LogP contribution in [0.1, 0.15) is 33.6 Å². The molecule has 0 radical (unpaired) electrons. The summed E-state index contributed by atoms with van der Waals surface area (Å²) in [5.41, 5.74) is 6.74. The summed E-state index contributed by atoms with van der Waals surface area (Å²) in [6, 6.07) is 8.01. The molecule has 6 nitrogen and oxygen atoms in total. The Bertz CT molecular complexity index is 918. The van der Waals surface area contributed by atoms with Crippen molar-refractivity contribution >= 4 is 38.0 Å². The molecule has 1 heterocycles. The number of fused-ring (bicyclic) bond motifs is 1. The minimum atomic E-state index is -3.52. The highest BCUT2D eigenvalue weighted by Gasteiger charge is 2.26. The van der Waals surface area contributed by atoms with E-state index < -0.39 is 21.7 Å². The molecule has 2 aromatic rings. The molecule has 2 amide bonds. The van der Waals surface area contributed by atoms with Gasteiger partial charge in [0.1, 0.15) is 5.00 Å². The van der Waals surface area contributed by atoms with E-state index in [0.29, 0.717) is 10.6 Å². The first-order chi connectivity index (χ1) is 11.9. The van der Waals surface area contributed by atoms with Gasteiger partial charge < -0.3 is 11.1 Å². The van der Waals surface area contributed by atoms with Crippen molar-refractivity contribution in [1.82, 2.24) is 0 Å². The van der Waals surface area contributed by atoms with Crippen molar-refractivity contribution in [2.75, 3.05) is 11.1 Å². The summed E-state index contributed by atoms with van der Waals surface area (Å²) in [5, 5.41) is 3.09. The number of carbonyl (C=O) groups excluding carboxylic acids is 2. The fourth-order valence-electron chi connectivity index (χ4n) is 2.91. The number of thiophene rings is 1. The number of anilines is 1. The van der Waals surface area contributed by atoms with Crippen LogP contribution in [0, 0.1) is 0 Å². The molecule has 0 saturated carbocycles. The molecule has 0 spiro atoms. The molecule has 0 bridgehead atoms. The van der Waals surface area contributed by atoms with Crippen molar-refractivity contribution in [3.8, 4) is 0 Å². The summed E-state index contributed by atoms with van der Waals surface area (Å²) >= 11 is 1.35. The lowest BCUT2D eigenvalue weighted by atomic mass is 10.1. The van der Waals surface area contributed by atoms with Gasteiger partial charge in [-0.3, -0.25) is 9.59 Å². The second-order valence-corrected chi connectivity index (χ2v) is 9.07. The van der Waals surface area contributed by atoms with E-state index in [-0.39, 0.29) is 17.1 Å². The Balaban J connectivity index is 1.69. The van der Waals surface area contributed by atoms with E-state index in [4.69, 9.17) is 5.73 Å². The predicted octanol–water partition coefficient (Wildman–Crippen LogP) is 2.14. The molecule has 0 fully saturated rings. The highest BCUT2D eigenvalue weighted by atomic mass is 32.2. The standard InChI is InChI=1S/C17H18N2O4S2/c18-16(21)15-12-7-4-8-13(12)24-17(15)19-14(20)9-10-25(22,23)11-5-2-1-3-6-11/h1-3,5-6H,4,7-10H2,(H2,18,21)(H,19,20). The number of nitrogens with one attached hydrogen (secondary N) is 1. The molecule has 3 N–H and O–H groups in total. The van der Waals surface area contributed by atoms with Gasteiger partial charge in [-0.15, -0.1) is 11.3 Å². The van der Waals surface area contributed by atoms with Crippen molar-refractivity contribution in [1.29, 1.82) is 0 Å². The molecule has 25 heavy (non-hydrogen) atoms. The number of rotatable bonds is 6. The van der Waals surface area contributed by atoms with Gasteiger partial charge in [0, 0.05) is 11.3 Å². The fourth-order valence-corrected chi connectivity index (χ4v) is 5.49. The van der Waals surface area contributed by atoms with Gasteiger partial charge in [0.15, 0.2) is 9.84 Å². The second-order valence-electron chi connectivity index (χ2n) is 5.86. The first-order valence-electron chi connectivity index (χ1n) is 7.90. The molecule has 0 aliphatic heterocycles. The average molecular weight is 378 g/mol. The van der Waals surface area contributed by atoms with E-state index in [1.807, 2.05) is 0 Å². The van der Waals surface area contributed by atoms with Crippen LogP contribution in [-0.4, -0.2) is 26.0 Å². The molecule has 3 rings (SSSR count). The third-order valence-corrected chi connectivity index (χ3v) is 7.06. The highest BCUT2D eigenvalue weighted by Crippen LogP contribution is 2.38. The predicted molar refractivity (Wildman–Crippen MR) is 96.6 cm³/mol. The third-order valence-electron chi connectivity index (χ3n) is 4.12. The summed E-state index contributed by atoms with van der Waals surface area (Å²) in [7, 11) is -3.52. The highest BCUT2D eigenvalue weighted by molar-refractivity contribution is 7.91. The van der Waals surface area contributed by atoms with Crippen molar-refractivity contribution < 1.29 is 18.0 Å². The molecule has 1 aromatic heterocycles. The number of benzene rings is 1. The summed E-state index contributed by atoms with van der Waals surface area (Å²) in [6.45, 7) is 0. The Morgan fingerprint density at radius 3 is 2.56 bits per heavy atom. The zero-order valence-electron chi connectivity index (χ0n) is 13.4. The van der Waals surface area contributed by atoms with Gasteiger partial charge in [-0.25, -0.2) is 8.42 Å². The maximum atomic E-state index is 12.2. The second kappa shape index (κ2) is 6.97. The lowest BCUT2D eigenvalue weighted by molar-refractivity contribution is -0.115.